The maximum Gasteiger partial charge on any atom is 0.408 e. The molecule has 0 spiro atoms. The number of hydrogen-bond donors (Lipinski definition) is 2. The summed E-state index contributed by atoms with van der Waals surface area (Å²) >= 11 is 0. The number of rotatable bonds is 2. The number of piperidine rings is 1. The van der Waals surface area contributed by atoms with Gasteiger partial charge in [-0.2, -0.15) is 13.2 Å². The molecule has 1 atom stereocenters. The van der Waals surface area contributed by atoms with E-state index in [4.69, 9.17) is 0 Å². The number of carbonyl (C=O) groups is 1. The first-order valence-corrected chi connectivity index (χ1v) is 5.34. The van der Waals surface area contributed by atoms with E-state index in [9.17, 15) is 18.0 Å². The molecule has 0 radical (unpaired) electrons. The molecule has 1 saturated heterocycles. The Balaban J connectivity index is 2.57. The predicted octanol–water partition coefficient (Wildman–Crippen LogP) is 1.44. The van der Waals surface area contributed by atoms with Crippen molar-refractivity contribution >= 4 is 5.91 Å². The van der Waals surface area contributed by atoms with Crippen LogP contribution in [0.25, 0.3) is 0 Å². The van der Waals surface area contributed by atoms with Gasteiger partial charge in [-0.05, 0) is 32.9 Å². The van der Waals surface area contributed by atoms with E-state index < -0.39 is 23.5 Å². The van der Waals surface area contributed by atoms with Gasteiger partial charge in [-0.3, -0.25) is 4.79 Å². The van der Waals surface area contributed by atoms with Gasteiger partial charge < -0.3 is 10.6 Å². The number of hydrogen-bond acceptors (Lipinski definition) is 2. The van der Waals surface area contributed by atoms with Crippen molar-refractivity contribution in [1.29, 1.82) is 0 Å². The van der Waals surface area contributed by atoms with Crippen LogP contribution in [0.4, 0.5) is 13.2 Å². The van der Waals surface area contributed by atoms with Gasteiger partial charge in [0.2, 0.25) is 5.91 Å². The molecule has 1 heterocycles. The summed E-state index contributed by atoms with van der Waals surface area (Å²) in [6.07, 6.45) is -3.23. The van der Waals surface area contributed by atoms with Crippen molar-refractivity contribution in [3.8, 4) is 0 Å². The lowest BCUT2D eigenvalue weighted by Gasteiger charge is -2.33. The SMILES string of the molecule is CC(NC(=O)C1(C)CCNCC1)C(F)(F)F. The fourth-order valence-electron chi connectivity index (χ4n) is 1.66. The Kier molecular flexibility index (Phi) is 3.83. The van der Waals surface area contributed by atoms with Crippen LogP contribution >= 0.6 is 0 Å². The minimum absolute atomic E-state index is 0.501. The normalized spacial score (nSPS) is 22.6. The molecule has 1 unspecified atom stereocenters. The average Bonchev–Trinajstić information content (AvgIpc) is 2.17. The third kappa shape index (κ3) is 3.10. The van der Waals surface area contributed by atoms with Gasteiger partial charge >= 0.3 is 6.18 Å². The van der Waals surface area contributed by atoms with Crippen LogP contribution < -0.4 is 10.6 Å². The monoisotopic (exact) mass is 238 g/mol. The maximum atomic E-state index is 12.3. The molecule has 1 fully saturated rings. The molecular weight excluding hydrogens is 221 g/mol. The largest absolute Gasteiger partial charge is 0.408 e. The Labute approximate surface area is 92.8 Å². The fraction of sp³-hybridized carbons (Fsp3) is 0.900. The van der Waals surface area contributed by atoms with Crippen molar-refractivity contribution in [2.24, 2.45) is 5.41 Å². The Hall–Kier alpha value is -0.780. The molecule has 94 valence electrons. The highest BCUT2D eigenvalue weighted by atomic mass is 19.4. The molecule has 1 aliphatic rings. The highest BCUT2D eigenvalue weighted by Gasteiger charge is 2.41. The van der Waals surface area contributed by atoms with Gasteiger partial charge in [0.25, 0.3) is 0 Å². The molecule has 6 heteroatoms. The molecule has 16 heavy (non-hydrogen) atoms. The number of alkyl halides is 3. The van der Waals surface area contributed by atoms with Crippen molar-refractivity contribution < 1.29 is 18.0 Å². The molecule has 0 aromatic carbocycles. The summed E-state index contributed by atoms with van der Waals surface area (Å²) in [5, 5.41) is 5.11. The van der Waals surface area contributed by atoms with Crippen molar-refractivity contribution in [3.05, 3.63) is 0 Å². The Bertz CT molecular complexity index is 259. The van der Waals surface area contributed by atoms with E-state index in [1.165, 1.54) is 0 Å². The van der Waals surface area contributed by atoms with E-state index in [-0.39, 0.29) is 0 Å². The van der Waals surface area contributed by atoms with Gasteiger partial charge in [0.1, 0.15) is 6.04 Å². The van der Waals surface area contributed by atoms with E-state index >= 15 is 0 Å². The van der Waals surface area contributed by atoms with Gasteiger partial charge in [0.15, 0.2) is 0 Å². The van der Waals surface area contributed by atoms with Crippen molar-refractivity contribution in [2.45, 2.75) is 38.9 Å². The van der Waals surface area contributed by atoms with Crippen LogP contribution in [-0.2, 0) is 4.79 Å². The topological polar surface area (TPSA) is 41.1 Å². The van der Waals surface area contributed by atoms with Gasteiger partial charge in [0.05, 0.1) is 0 Å². The summed E-state index contributed by atoms with van der Waals surface area (Å²) in [5.41, 5.74) is -0.676. The highest BCUT2D eigenvalue weighted by molar-refractivity contribution is 5.82. The van der Waals surface area contributed by atoms with Crippen LogP contribution in [0.1, 0.15) is 26.7 Å². The van der Waals surface area contributed by atoms with Crippen LogP contribution in [0.5, 0.6) is 0 Å². The standard InChI is InChI=1S/C10H17F3N2O/c1-7(10(11,12)13)15-8(16)9(2)3-5-14-6-4-9/h7,14H,3-6H2,1-2H3,(H,15,16). The first kappa shape index (κ1) is 13.3. The minimum Gasteiger partial charge on any atom is -0.344 e. The van der Waals surface area contributed by atoms with E-state index in [0.717, 1.165) is 6.92 Å². The zero-order valence-corrected chi connectivity index (χ0v) is 9.45. The van der Waals surface area contributed by atoms with E-state index in [0.29, 0.717) is 25.9 Å². The number of amides is 1. The first-order valence-electron chi connectivity index (χ1n) is 5.34. The Morgan fingerprint density at radius 1 is 1.38 bits per heavy atom. The molecule has 0 aromatic rings. The summed E-state index contributed by atoms with van der Waals surface area (Å²) in [4.78, 5) is 11.7. The quantitative estimate of drug-likeness (QED) is 0.764. The molecule has 0 aliphatic carbocycles. The maximum absolute atomic E-state index is 12.3. The smallest absolute Gasteiger partial charge is 0.344 e. The van der Waals surface area contributed by atoms with Crippen LogP contribution in [-0.4, -0.2) is 31.2 Å². The van der Waals surface area contributed by atoms with Gasteiger partial charge in [-0.1, -0.05) is 6.92 Å². The lowest BCUT2D eigenvalue weighted by molar-refractivity contribution is -0.161. The summed E-state index contributed by atoms with van der Waals surface area (Å²) in [6, 6.07) is -1.79. The van der Waals surface area contributed by atoms with Crippen molar-refractivity contribution in [3.63, 3.8) is 0 Å². The number of halogens is 3. The summed E-state index contributed by atoms with van der Waals surface area (Å²) in [5.74, 6) is -0.501. The van der Waals surface area contributed by atoms with E-state index in [2.05, 4.69) is 5.32 Å². The third-order valence-electron chi connectivity index (χ3n) is 3.09. The Morgan fingerprint density at radius 3 is 2.31 bits per heavy atom. The molecule has 1 amide bonds. The molecular formula is C10H17F3N2O. The molecule has 0 aromatic heterocycles. The molecule has 2 N–H and O–H groups in total. The van der Waals surface area contributed by atoms with Gasteiger partial charge in [-0.25, -0.2) is 0 Å². The third-order valence-corrected chi connectivity index (χ3v) is 3.09. The van der Waals surface area contributed by atoms with Crippen LogP contribution in [0.2, 0.25) is 0 Å². The van der Waals surface area contributed by atoms with Gasteiger partial charge in [0, 0.05) is 5.41 Å². The van der Waals surface area contributed by atoms with Crippen molar-refractivity contribution in [1.82, 2.24) is 10.6 Å². The summed E-state index contributed by atoms with van der Waals surface area (Å²) in [7, 11) is 0. The second kappa shape index (κ2) is 4.61. The minimum atomic E-state index is -4.38. The molecule has 1 aliphatic heterocycles. The van der Waals surface area contributed by atoms with Crippen LogP contribution in [0.15, 0.2) is 0 Å². The first-order chi connectivity index (χ1) is 7.26. The zero-order chi connectivity index (χ0) is 12.4. The van der Waals surface area contributed by atoms with Crippen molar-refractivity contribution in [2.75, 3.05) is 13.1 Å². The van der Waals surface area contributed by atoms with Crippen LogP contribution in [0.3, 0.4) is 0 Å². The van der Waals surface area contributed by atoms with E-state index in [1.807, 2.05) is 5.32 Å². The molecule has 0 saturated carbocycles. The predicted molar refractivity (Wildman–Crippen MR) is 53.9 cm³/mol. The molecule has 3 nitrogen and oxygen atoms in total. The highest BCUT2D eigenvalue weighted by Crippen LogP contribution is 2.29. The fourth-order valence-corrected chi connectivity index (χ4v) is 1.66. The number of nitrogens with one attached hydrogen (secondary N) is 2. The average molecular weight is 238 g/mol. The summed E-state index contributed by atoms with van der Waals surface area (Å²) in [6.45, 7) is 4.02. The Morgan fingerprint density at radius 2 is 1.88 bits per heavy atom. The second-order valence-corrected chi connectivity index (χ2v) is 4.55. The molecule has 1 rings (SSSR count). The lowest BCUT2D eigenvalue weighted by atomic mass is 9.80. The van der Waals surface area contributed by atoms with Gasteiger partial charge in [-0.15, -0.1) is 0 Å². The zero-order valence-electron chi connectivity index (χ0n) is 9.45. The lowest BCUT2D eigenvalue weighted by Crippen LogP contribution is -2.51. The summed E-state index contributed by atoms with van der Waals surface area (Å²) < 4.78 is 36.8. The molecule has 0 bridgehead atoms. The van der Waals surface area contributed by atoms with Crippen LogP contribution in [0, 0.1) is 5.41 Å². The number of carbonyl (C=O) groups excluding carboxylic acids is 1. The van der Waals surface area contributed by atoms with E-state index in [1.54, 1.807) is 6.92 Å². The second-order valence-electron chi connectivity index (χ2n) is 4.55.